The van der Waals surface area contributed by atoms with E-state index in [-0.39, 0.29) is 21.1 Å². The summed E-state index contributed by atoms with van der Waals surface area (Å²) in [5.41, 5.74) is 9.04. The molecule has 1 aliphatic heterocycles. The van der Waals surface area contributed by atoms with Gasteiger partial charge in [0, 0.05) is 17.6 Å². The van der Waals surface area contributed by atoms with Crippen LogP contribution in [0.3, 0.4) is 0 Å². The minimum Gasteiger partial charge on any atom is -0.509 e. The molecule has 0 bridgehead atoms. The summed E-state index contributed by atoms with van der Waals surface area (Å²) in [4.78, 5) is 1.51. The van der Waals surface area contributed by atoms with Crippen LogP contribution in [0.25, 0.3) is 38.7 Å². The third kappa shape index (κ3) is 5.67. The summed E-state index contributed by atoms with van der Waals surface area (Å²) in [6.45, 7) is 0. The first-order valence-electron chi connectivity index (χ1n) is 16.0. The van der Waals surface area contributed by atoms with E-state index in [0.717, 1.165) is 55.8 Å². The number of hydrogen-bond donors (Lipinski definition) is 0. The van der Waals surface area contributed by atoms with E-state index in [9.17, 15) is 0 Å². The molecular weight excluding hydrogens is 798 g/mol. The summed E-state index contributed by atoms with van der Waals surface area (Å²) in [6.07, 6.45) is 3.26. The van der Waals surface area contributed by atoms with Crippen LogP contribution in [0.15, 0.2) is 164 Å². The first-order chi connectivity index (χ1) is 24.3. The molecule has 238 valence electrons. The molecule has 50 heavy (non-hydrogen) atoms. The Labute approximate surface area is 303 Å². The van der Waals surface area contributed by atoms with Gasteiger partial charge < -0.3 is 4.74 Å². The van der Waals surface area contributed by atoms with Crippen molar-refractivity contribution in [3.63, 3.8) is 0 Å². The zero-order valence-electron chi connectivity index (χ0n) is 26.5. The van der Waals surface area contributed by atoms with E-state index in [1.807, 2.05) is 36.4 Å². The molecule has 0 spiro atoms. The first-order valence-corrected chi connectivity index (χ1v) is 16.0. The van der Waals surface area contributed by atoms with E-state index >= 15 is 0 Å². The second-order valence-electron chi connectivity index (χ2n) is 11.6. The van der Waals surface area contributed by atoms with Crippen LogP contribution in [-0.4, -0.2) is 21.0 Å². The molecule has 0 radical (unpaired) electrons. The van der Waals surface area contributed by atoms with Crippen LogP contribution < -0.4 is 13.9 Å². The van der Waals surface area contributed by atoms with Gasteiger partial charge in [-0.2, -0.15) is 27.1 Å². The van der Waals surface area contributed by atoms with Gasteiger partial charge in [0.2, 0.25) is 5.69 Å². The number of para-hydroxylation sites is 1. The van der Waals surface area contributed by atoms with E-state index in [2.05, 4.69) is 153 Å². The molecule has 0 N–H and O–H groups in total. The average Bonchev–Trinajstić information content (AvgIpc) is 3.85. The number of nitrogens with zero attached hydrogens (tertiary/aromatic N) is 5. The third-order valence-corrected chi connectivity index (χ3v) is 8.57. The average molecular weight is 825 g/mol. The smallest absolute Gasteiger partial charge is 0.509 e. The summed E-state index contributed by atoms with van der Waals surface area (Å²) in [5.74, 6) is 1.09. The quantitative estimate of drug-likeness (QED) is 0.119. The second-order valence-corrected chi connectivity index (χ2v) is 11.6. The topological polar surface area (TPSA) is 46.0 Å². The van der Waals surface area contributed by atoms with Gasteiger partial charge in [0.25, 0.3) is 5.69 Å². The summed E-state index contributed by atoms with van der Waals surface area (Å²) in [6, 6.07) is 62.5. The fourth-order valence-electron chi connectivity index (χ4n) is 6.39. The minimum atomic E-state index is 0. The van der Waals surface area contributed by atoms with Gasteiger partial charge in [0.05, 0.1) is 28.9 Å². The van der Waals surface area contributed by atoms with Crippen molar-refractivity contribution in [3.05, 3.63) is 176 Å². The van der Waals surface area contributed by atoms with E-state index in [1.54, 1.807) is 12.4 Å². The molecule has 0 atom stereocenters. The van der Waals surface area contributed by atoms with Crippen molar-refractivity contribution in [3.8, 4) is 39.4 Å². The number of rotatable bonds is 7. The molecule has 0 amide bonds. The number of fused-ring (bicyclic) bond motifs is 3. The molecule has 0 saturated carbocycles. The Morgan fingerprint density at radius 2 is 1.16 bits per heavy atom. The van der Waals surface area contributed by atoms with Crippen LogP contribution in [0.1, 0.15) is 0 Å². The molecule has 0 saturated heterocycles. The van der Waals surface area contributed by atoms with Crippen LogP contribution in [0.4, 0.5) is 22.7 Å². The largest absolute Gasteiger partial charge is 2.00 e. The maximum atomic E-state index is 6.29. The first kappa shape index (κ1) is 31.1. The summed E-state index contributed by atoms with van der Waals surface area (Å²) >= 11 is 0. The molecule has 1 aliphatic rings. The van der Waals surface area contributed by atoms with Crippen LogP contribution in [0, 0.1) is 12.1 Å². The summed E-state index contributed by atoms with van der Waals surface area (Å²) in [5, 5.41) is 10.7. The molecular formula is C43H27N5OPt+2. The van der Waals surface area contributed by atoms with Gasteiger partial charge in [-0.1, -0.05) is 102 Å². The molecule has 9 rings (SSSR count). The Hall–Kier alpha value is -6.19. The molecule has 0 fully saturated rings. The molecule has 6 nitrogen and oxygen atoms in total. The van der Waals surface area contributed by atoms with Gasteiger partial charge in [0.1, 0.15) is 5.69 Å². The van der Waals surface area contributed by atoms with Crippen molar-refractivity contribution in [2.24, 2.45) is 0 Å². The number of benzene rings is 7. The molecule has 2 heterocycles. The van der Waals surface area contributed by atoms with Crippen molar-refractivity contribution in [2.45, 2.75) is 0 Å². The van der Waals surface area contributed by atoms with Crippen molar-refractivity contribution in [1.82, 2.24) is 24.1 Å². The molecule has 0 unspecified atom stereocenters. The van der Waals surface area contributed by atoms with Gasteiger partial charge in [-0.15, -0.1) is 24.3 Å². The Morgan fingerprint density at radius 3 is 1.88 bits per heavy atom. The maximum absolute atomic E-state index is 6.29. The molecule has 7 aromatic carbocycles. The predicted molar refractivity (Wildman–Crippen MR) is 195 cm³/mol. The number of aromatic nitrogens is 3. The second kappa shape index (κ2) is 13.4. The Bertz CT molecular complexity index is 2500. The van der Waals surface area contributed by atoms with Gasteiger partial charge in [0.15, 0.2) is 0 Å². The van der Waals surface area contributed by atoms with Crippen LogP contribution in [-0.2, 0) is 21.1 Å². The number of ether oxygens (including phenoxy) is 1. The standard InChI is InChI=1S/C43H27N5O.Pt/c1-3-12-31(13-4-1)38-22-11-23-39(32-14-5-2-6-15-32)42(38)47-30-46(41-25-24-33-16-7-8-21-40(33)43(41)47)34-17-9-19-36(28-34)49-37-20-10-18-35(29-37)48-44-26-27-45-48;/h1-27H;/q;+2. The van der Waals surface area contributed by atoms with E-state index in [1.165, 1.54) is 4.80 Å². The van der Waals surface area contributed by atoms with Crippen LogP contribution >= 0.6 is 0 Å². The van der Waals surface area contributed by atoms with Gasteiger partial charge in [-0.05, 0) is 51.0 Å². The third-order valence-electron chi connectivity index (χ3n) is 8.57. The van der Waals surface area contributed by atoms with Crippen molar-refractivity contribution >= 4 is 39.5 Å². The predicted octanol–water partition coefficient (Wildman–Crippen LogP) is 10.0. The van der Waals surface area contributed by atoms with Crippen molar-refractivity contribution < 1.29 is 25.8 Å². The zero-order valence-corrected chi connectivity index (χ0v) is 28.8. The summed E-state index contributed by atoms with van der Waals surface area (Å²) < 4.78 is 10.6. The van der Waals surface area contributed by atoms with Crippen LogP contribution in [0.2, 0.25) is 0 Å². The van der Waals surface area contributed by atoms with Crippen LogP contribution in [0.5, 0.6) is 11.5 Å². The van der Waals surface area contributed by atoms with Crippen molar-refractivity contribution in [2.75, 3.05) is 0 Å². The van der Waals surface area contributed by atoms with E-state index in [4.69, 9.17) is 4.74 Å². The fraction of sp³-hybridized carbons (Fsp3) is 0. The Balaban J connectivity index is 0.00000361. The molecule has 7 heteroatoms. The molecule has 1 aromatic heterocycles. The van der Waals surface area contributed by atoms with Crippen molar-refractivity contribution in [1.29, 1.82) is 0 Å². The Morgan fingerprint density at radius 1 is 0.540 bits per heavy atom. The SMILES string of the molecule is C1=[N+](c2[c-]c(Oc3[c-]c(-n4nccn4)ccc3)ccc2)c2ccc3ccccc3c2[N+]=1c1c(-c2ccccc2)cccc1-c1ccccc1.[Pt+2]. The van der Waals surface area contributed by atoms with Gasteiger partial charge in [-0.25, -0.2) is 0 Å². The van der Waals surface area contributed by atoms with E-state index < -0.39 is 0 Å². The zero-order chi connectivity index (χ0) is 32.6. The monoisotopic (exact) mass is 824 g/mol. The molecule has 8 aromatic rings. The van der Waals surface area contributed by atoms with Gasteiger partial charge >= 0.3 is 32.8 Å². The summed E-state index contributed by atoms with van der Waals surface area (Å²) in [7, 11) is 0. The number of hydrogen-bond acceptors (Lipinski definition) is 3. The van der Waals surface area contributed by atoms with E-state index in [0.29, 0.717) is 17.2 Å². The Kier molecular flexibility index (Phi) is 8.32. The minimum absolute atomic E-state index is 0. The normalized spacial score (nSPS) is 11.8. The molecule has 0 aliphatic carbocycles. The fourth-order valence-corrected chi connectivity index (χ4v) is 6.39. The van der Waals surface area contributed by atoms with Gasteiger partial charge in [-0.3, -0.25) is 0 Å². The maximum Gasteiger partial charge on any atom is 2.00 e.